The molecule has 0 aromatic heterocycles. The summed E-state index contributed by atoms with van der Waals surface area (Å²) in [6.45, 7) is 3.28. The number of carbonyl (C=O) groups is 1. The van der Waals surface area contributed by atoms with Crippen molar-refractivity contribution in [1.82, 2.24) is 5.32 Å². The summed E-state index contributed by atoms with van der Waals surface area (Å²) in [5.74, 6) is 0.514. The molecule has 24 heavy (non-hydrogen) atoms. The van der Waals surface area contributed by atoms with Gasteiger partial charge in [0.05, 0.1) is 0 Å². The molecule has 134 valence electrons. The molecule has 0 bridgehead atoms. The predicted octanol–water partition coefficient (Wildman–Crippen LogP) is 4.13. The Labute approximate surface area is 146 Å². The van der Waals surface area contributed by atoms with E-state index in [1.807, 2.05) is 12.1 Å². The minimum Gasteiger partial charge on any atom is -0.396 e. The van der Waals surface area contributed by atoms with Gasteiger partial charge in [-0.05, 0) is 30.7 Å². The number of benzene rings is 1. The first-order valence-electron chi connectivity index (χ1n) is 9.69. The number of aliphatic hydroxyl groups is 1. The Morgan fingerprint density at radius 1 is 1.12 bits per heavy atom. The van der Waals surface area contributed by atoms with Gasteiger partial charge in [-0.3, -0.25) is 4.79 Å². The number of unbranched alkanes of at least 4 members (excludes halogenated alkanes) is 5. The highest BCUT2D eigenvalue weighted by Gasteiger charge is 2.25. The summed E-state index contributed by atoms with van der Waals surface area (Å²) in [4.78, 5) is 12.4. The van der Waals surface area contributed by atoms with E-state index in [4.69, 9.17) is 0 Å². The number of ketones is 1. The zero-order valence-electron chi connectivity index (χ0n) is 15.1. The van der Waals surface area contributed by atoms with E-state index >= 15 is 0 Å². The molecule has 2 rings (SSSR count). The van der Waals surface area contributed by atoms with E-state index < -0.39 is 0 Å². The summed E-state index contributed by atoms with van der Waals surface area (Å²) in [5, 5.41) is 12.5. The standard InChI is InChI=1S/C21H33NO2/c1-2-3-4-5-6-7-8-17-9-11-19(12-10-17)21(24)14-20-13-18(16-23)15-22-20/h9-12,18,20,22-23H,2-8,13-16H2,1H3/t18-,20?/m0/s1. The summed E-state index contributed by atoms with van der Waals surface area (Å²) in [6, 6.07) is 8.40. The van der Waals surface area contributed by atoms with Crippen molar-refractivity contribution < 1.29 is 9.90 Å². The van der Waals surface area contributed by atoms with Crippen molar-refractivity contribution in [2.24, 2.45) is 5.92 Å². The summed E-state index contributed by atoms with van der Waals surface area (Å²) in [7, 11) is 0. The van der Waals surface area contributed by atoms with Gasteiger partial charge in [-0.1, -0.05) is 63.3 Å². The number of carbonyl (C=O) groups excluding carboxylic acids is 1. The van der Waals surface area contributed by atoms with Crippen LogP contribution in [-0.4, -0.2) is 30.1 Å². The van der Waals surface area contributed by atoms with E-state index in [1.54, 1.807) is 0 Å². The lowest BCUT2D eigenvalue weighted by atomic mass is 9.98. The summed E-state index contributed by atoms with van der Waals surface area (Å²) in [6.07, 6.45) is 10.4. The number of hydrogen-bond donors (Lipinski definition) is 2. The largest absolute Gasteiger partial charge is 0.396 e. The van der Waals surface area contributed by atoms with E-state index in [0.29, 0.717) is 12.3 Å². The molecule has 1 aliphatic rings. The monoisotopic (exact) mass is 331 g/mol. The quantitative estimate of drug-likeness (QED) is 0.473. The van der Waals surface area contributed by atoms with Crippen LogP contribution in [0.5, 0.6) is 0 Å². The van der Waals surface area contributed by atoms with Gasteiger partial charge in [-0.25, -0.2) is 0 Å². The molecule has 1 unspecified atom stereocenters. The fourth-order valence-corrected chi connectivity index (χ4v) is 3.51. The lowest BCUT2D eigenvalue weighted by Crippen LogP contribution is -2.24. The molecule has 2 N–H and O–H groups in total. The normalized spacial score (nSPS) is 20.4. The van der Waals surface area contributed by atoms with Gasteiger partial charge >= 0.3 is 0 Å². The zero-order valence-corrected chi connectivity index (χ0v) is 15.1. The van der Waals surface area contributed by atoms with Crippen LogP contribution in [0.4, 0.5) is 0 Å². The third-order valence-electron chi connectivity index (χ3n) is 5.10. The molecule has 0 aliphatic carbocycles. The second-order valence-corrected chi connectivity index (χ2v) is 7.23. The molecule has 0 saturated carbocycles. The maximum absolute atomic E-state index is 12.4. The van der Waals surface area contributed by atoms with E-state index in [0.717, 1.165) is 24.9 Å². The van der Waals surface area contributed by atoms with Crippen LogP contribution in [0.2, 0.25) is 0 Å². The SMILES string of the molecule is CCCCCCCCc1ccc(C(=O)CC2C[C@H](CO)CN2)cc1. The Bertz CT molecular complexity index is 483. The fraction of sp³-hybridized carbons (Fsp3) is 0.667. The number of nitrogens with one attached hydrogen (secondary N) is 1. The van der Waals surface area contributed by atoms with Crippen LogP contribution in [0.15, 0.2) is 24.3 Å². The molecule has 2 atom stereocenters. The number of aryl methyl sites for hydroxylation is 1. The van der Waals surface area contributed by atoms with Gasteiger partial charge in [0.15, 0.2) is 5.78 Å². The first kappa shape index (κ1) is 19.1. The Morgan fingerprint density at radius 3 is 2.50 bits per heavy atom. The number of aliphatic hydroxyl groups excluding tert-OH is 1. The minimum absolute atomic E-state index is 0.206. The van der Waals surface area contributed by atoms with Crippen LogP contribution >= 0.6 is 0 Å². The molecule has 1 saturated heterocycles. The molecule has 0 radical (unpaired) electrons. The highest BCUT2D eigenvalue weighted by atomic mass is 16.3. The van der Waals surface area contributed by atoms with Crippen molar-refractivity contribution >= 4 is 5.78 Å². The number of Topliss-reactive ketones (excluding diaryl/α,β-unsaturated/α-hetero) is 1. The fourth-order valence-electron chi connectivity index (χ4n) is 3.51. The highest BCUT2D eigenvalue weighted by molar-refractivity contribution is 5.96. The van der Waals surface area contributed by atoms with Crippen LogP contribution in [-0.2, 0) is 6.42 Å². The smallest absolute Gasteiger partial charge is 0.164 e. The maximum Gasteiger partial charge on any atom is 0.164 e. The number of hydrogen-bond acceptors (Lipinski definition) is 3. The van der Waals surface area contributed by atoms with Gasteiger partial charge in [0.1, 0.15) is 0 Å². The first-order valence-corrected chi connectivity index (χ1v) is 9.69. The molecular formula is C21H33NO2. The van der Waals surface area contributed by atoms with Crippen molar-refractivity contribution in [2.75, 3.05) is 13.2 Å². The third kappa shape index (κ3) is 6.37. The van der Waals surface area contributed by atoms with E-state index in [2.05, 4.69) is 24.4 Å². The highest BCUT2D eigenvalue weighted by Crippen LogP contribution is 2.18. The summed E-state index contributed by atoms with van der Waals surface area (Å²) < 4.78 is 0. The molecule has 1 aromatic carbocycles. The zero-order chi connectivity index (χ0) is 17.2. The molecule has 1 aliphatic heterocycles. The van der Waals surface area contributed by atoms with Gasteiger partial charge in [0, 0.05) is 31.2 Å². The van der Waals surface area contributed by atoms with Crippen molar-refractivity contribution in [3.05, 3.63) is 35.4 Å². The average Bonchev–Trinajstić information content (AvgIpc) is 3.06. The van der Waals surface area contributed by atoms with Crippen LogP contribution in [0.25, 0.3) is 0 Å². The lowest BCUT2D eigenvalue weighted by molar-refractivity contribution is 0.0970. The molecular weight excluding hydrogens is 298 g/mol. The van der Waals surface area contributed by atoms with Crippen molar-refractivity contribution in [3.8, 4) is 0 Å². The Hall–Kier alpha value is -1.19. The van der Waals surface area contributed by atoms with Gasteiger partial charge in [-0.15, -0.1) is 0 Å². The van der Waals surface area contributed by atoms with E-state index in [9.17, 15) is 9.90 Å². The van der Waals surface area contributed by atoms with E-state index in [-0.39, 0.29) is 18.4 Å². The number of rotatable bonds is 11. The predicted molar refractivity (Wildman–Crippen MR) is 99.5 cm³/mol. The molecule has 0 amide bonds. The van der Waals surface area contributed by atoms with Gasteiger partial charge < -0.3 is 10.4 Å². The Morgan fingerprint density at radius 2 is 1.83 bits per heavy atom. The van der Waals surface area contributed by atoms with Crippen LogP contribution < -0.4 is 5.32 Å². The molecule has 1 aromatic rings. The van der Waals surface area contributed by atoms with Gasteiger partial charge in [0.2, 0.25) is 0 Å². The Kier molecular flexibility index (Phi) is 8.48. The molecule has 0 spiro atoms. The van der Waals surface area contributed by atoms with Crippen LogP contribution in [0.3, 0.4) is 0 Å². The average molecular weight is 332 g/mol. The molecule has 1 fully saturated rings. The van der Waals surface area contributed by atoms with Crippen molar-refractivity contribution in [2.45, 2.75) is 70.8 Å². The van der Waals surface area contributed by atoms with Crippen LogP contribution in [0, 0.1) is 5.92 Å². The summed E-state index contributed by atoms with van der Waals surface area (Å²) >= 11 is 0. The Balaban J connectivity index is 1.70. The minimum atomic E-state index is 0.206. The van der Waals surface area contributed by atoms with Crippen LogP contribution in [0.1, 0.15) is 74.2 Å². The molecule has 3 nitrogen and oxygen atoms in total. The first-order chi connectivity index (χ1) is 11.7. The van der Waals surface area contributed by atoms with E-state index in [1.165, 1.54) is 44.1 Å². The third-order valence-corrected chi connectivity index (χ3v) is 5.10. The summed E-state index contributed by atoms with van der Waals surface area (Å²) in [5.41, 5.74) is 2.15. The van der Waals surface area contributed by atoms with Crippen molar-refractivity contribution in [3.63, 3.8) is 0 Å². The van der Waals surface area contributed by atoms with Gasteiger partial charge in [0.25, 0.3) is 0 Å². The molecule has 3 heteroatoms. The second-order valence-electron chi connectivity index (χ2n) is 7.23. The topological polar surface area (TPSA) is 49.3 Å². The second kappa shape index (κ2) is 10.6. The lowest BCUT2D eigenvalue weighted by Gasteiger charge is -2.10. The maximum atomic E-state index is 12.4. The van der Waals surface area contributed by atoms with Gasteiger partial charge in [-0.2, -0.15) is 0 Å². The van der Waals surface area contributed by atoms with Crippen molar-refractivity contribution in [1.29, 1.82) is 0 Å². The molecule has 1 heterocycles.